The second-order valence-corrected chi connectivity index (χ2v) is 5.45. The Morgan fingerprint density at radius 1 is 1.24 bits per heavy atom. The molecule has 1 aromatic rings. The summed E-state index contributed by atoms with van der Waals surface area (Å²) < 4.78 is 1.86. The first-order chi connectivity index (χ1) is 9.95. The van der Waals surface area contributed by atoms with Gasteiger partial charge < -0.3 is 10.0 Å². The van der Waals surface area contributed by atoms with Crippen LogP contribution < -0.4 is 0 Å². The minimum absolute atomic E-state index is 0.0494. The minimum atomic E-state index is -0.820. The molecule has 1 fully saturated rings. The Balaban J connectivity index is 1.77. The first-order valence-electron chi connectivity index (χ1n) is 7.18. The summed E-state index contributed by atoms with van der Waals surface area (Å²) in [6.07, 6.45) is 0.431. The van der Waals surface area contributed by atoms with Gasteiger partial charge in [-0.05, 0) is 19.9 Å². The van der Waals surface area contributed by atoms with Crippen LogP contribution in [0.4, 0.5) is 0 Å². The number of hydrogen-bond acceptors (Lipinski definition) is 4. The smallest absolute Gasteiger partial charge is 0.317 e. The van der Waals surface area contributed by atoms with Crippen molar-refractivity contribution in [2.75, 3.05) is 32.7 Å². The normalized spacial score (nSPS) is 16.2. The molecular weight excluding hydrogens is 272 g/mol. The van der Waals surface area contributed by atoms with E-state index in [1.807, 2.05) is 34.4 Å². The van der Waals surface area contributed by atoms with Crippen molar-refractivity contribution in [1.29, 1.82) is 0 Å². The zero-order valence-electron chi connectivity index (χ0n) is 12.6. The molecule has 0 aromatic carbocycles. The quantitative estimate of drug-likeness (QED) is 0.834. The third kappa shape index (κ3) is 4.29. The fraction of sp³-hybridized carbons (Fsp3) is 0.643. The molecule has 1 saturated heterocycles. The molecule has 116 valence electrons. The second-order valence-electron chi connectivity index (χ2n) is 5.45. The number of carboxylic acid groups (broad SMARTS) is 1. The standard InChI is InChI=1S/C14H22N4O3/c1-11-9-12(2)18(15-11)4-3-13(19)17-7-5-16(6-8-17)10-14(20)21/h9H,3-8,10H2,1-2H3,(H,20,21). The lowest BCUT2D eigenvalue weighted by Crippen LogP contribution is -2.50. The number of carboxylic acids is 1. The molecule has 1 aliphatic heterocycles. The monoisotopic (exact) mass is 294 g/mol. The Labute approximate surface area is 124 Å². The van der Waals surface area contributed by atoms with Crippen LogP contribution in [0.25, 0.3) is 0 Å². The van der Waals surface area contributed by atoms with Crippen molar-refractivity contribution >= 4 is 11.9 Å². The molecule has 21 heavy (non-hydrogen) atoms. The third-order valence-corrected chi connectivity index (χ3v) is 3.72. The Morgan fingerprint density at radius 2 is 1.90 bits per heavy atom. The van der Waals surface area contributed by atoms with E-state index < -0.39 is 5.97 Å². The van der Waals surface area contributed by atoms with Crippen LogP contribution >= 0.6 is 0 Å². The van der Waals surface area contributed by atoms with Crippen LogP contribution in [0.5, 0.6) is 0 Å². The largest absolute Gasteiger partial charge is 0.480 e. The van der Waals surface area contributed by atoms with Crippen LogP contribution in [0.2, 0.25) is 0 Å². The lowest BCUT2D eigenvalue weighted by Gasteiger charge is -2.33. The summed E-state index contributed by atoms with van der Waals surface area (Å²) in [5, 5.41) is 13.1. The average Bonchev–Trinajstić information content (AvgIpc) is 2.74. The number of hydrogen-bond donors (Lipinski definition) is 1. The lowest BCUT2D eigenvalue weighted by molar-refractivity contribution is -0.139. The van der Waals surface area contributed by atoms with Gasteiger partial charge in [0, 0.05) is 44.8 Å². The van der Waals surface area contributed by atoms with Gasteiger partial charge in [0.15, 0.2) is 0 Å². The summed E-state index contributed by atoms with van der Waals surface area (Å²) in [5.74, 6) is -0.711. The molecule has 0 unspecified atom stereocenters. The predicted molar refractivity (Wildman–Crippen MR) is 77.0 cm³/mol. The van der Waals surface area contributed by atoms with Gasteiger partial charge in [-0.3, -0.25) is 19.2 Å². The number of carbonyl (C=O) groups excluding carboxylic acids is 1. The predicted octanol–water partition coefficient (Wildman–Crippen LogP) is 0.119. The van der Waals surface area contributed by atoms with Crippen molar-refractivity contribution in [2.24, 2.45) is 0 Å². The highest BCUT2D eigenvalue weighted by Crippen LogP contribution is 2.07. The lowest BCUT2D eigenvalue weighted by atomic mass is 10.2. The molecule has 0 atom stereocenters. The summed E-state index contributed by atoms with van der Waals surface area (Å²) in [5.41, 5.74) is 2.02. The topological polar surface area (TPSA) is 78.7 Å². The maximum Gasteiger partial charge on any atom is 0.317 e. The maximum absolute atomic E-state index is 12.2. The first-order valence-corrected chi connectivity index (χ1v) is 7.18. The second kappa shape index (κ2) is 6.71. The van der Waals surface area contributed by atoms with Crippen molar-refractivity contribution in [2.45, 2.75) is 26.8 Å². The third-order valence-electron chi connectivity index (χ3n) is 3.72. The molecule has 1 N–H and O–H groups in total. The molecule has 1 aliphatic rings. The number of rotatable bonds is 5. The van der Waals surface area contributed by atoms with Crippen molar-refractivity contribution in [3.8, 4) is 0 Å². The maximum atomic E-state index is 12.2. The van der Waals surface area contributed by atoms with E-state index in [0.717, 1.165) is 11.4 Å². The van der Waals surface area contributed by atoms with Crippen molar-refractivity contribution in [3.63, 3.8) is 0 Å². The Morgan fingerprint density at radius 3 is 2.43 bits per heavy atom. The van der Waals surface area contributed by atoms with E-state index in [9.17, 15) is 9.59 Å². The van der Waals surface area contributed by atoms with Crippen molar-refractivity contribution in [1.82, 2.24) is 19.6 Å². The average molecular weight is 294 g/mol. The fourth-order valence-corrected chi connectivity index (χ4v) is 2.61. The highest BCUT2D eigenvalue weighted by Gasteiger charge is 2.22. The van der Waals surface area contributed by atoms with E-state index in [1.165, 1.54) is 0 Å². The molecular formula is C14H22N4O3. The molecule has 2 rings (SSSR count). The first kappa shape index (κ1) is 15.5. The Kier molecular flexibility index (Phi) is 4.95. The molecule has 0 spiro atoms. The van der Waals surface area contributed by atoms with Crippen molar-refractivity contribution < 1.29 is 14.7 Å². The Bertz CT molecular complexity index is 518. The summed E-state index contributed by atoms with van der Waals surface area (Å²) in [6, 6.07) is 2.00. The zero-order valence-corrected chi connectivity index (χ0v) is 12.6. The van der Waals surface area contributed by atoms with E-state index in [2.05, 4.69) is 5.10 Å². The SMILES string of the molecule is Cc1cc(C)n(CCC(=O)N2CCN(CC(=O)O)CC2)n1. The molecule has 0 aliphatic carbocycles. The highest BCUT2D eigenvalue weighted by molar-refractivity contribution is 5.76. The van der Waals surface area contributed by atoms with Crippen LogP contribution in [0.3, 0.4) is 0 Å². The summed E-state index contributed by atoms with van der Waals surface area (Å²) in [4.78, 5) is 26.5. The molecule has 0 radical (unpaired) electrons. The van der Waals surface area contributed by atoms with E-state index in [4.69, 9.17) is 5.11 Å². The minimum Gasteiger partial charge on any atom is -0.480 e. The number of nitrogens with zero attached hydrogens (tertiary/aromatic N) is 4. The van der Waals surface area contributed by atoms with Gasteiger partial charge in [0.25, 0.3) is 0 Å². The van der Waals surface area contributed by atoms with Crippen LogP contribution in [0.1, 0.15) is 17.8 Å². The van der Waals surface area contributed by atoms with Gasteiger partial charge in [-0.2, -0.15) is 5.10 Å². The van der Waals surface area contributed by atoms with E-state index >= 15 is 0 Å². The number of aryl methyl sites for hydroxylation is 3. The number of aliphatic carboxylic acids is 1. The van der Waals surface area contributed by atoms with Crippen LogP contribution in [0, 0.1) is 13.8 Å². The molecule has 1 aromatic heterocycles. The van der Waals surface area contributed by atoms with E-state index in [-0.39, 0.29) is 12.5 Å². The van der Waals surface area contributed by atoms with Crippen LogP contribution in [0.15, 0.2) is 6.07 Å². The van der Waals surface area contributed by atoms with Gasteiger partial charge in [0.2, 0.25) is 5.91 Å². The van der Waals surface area contributed by atoms with Crippen LogP contribution in [-0.2, 0) is 16.1 Å². The molecule has 7 heteroatoms. The van der Waals surface area contributed by atoms with Gasteiger partial charge >= 0.3 is 5.97 Å². The summed E-state index contributed by atoms with van der Waals surface area (Å²) >= 11 is 0. The summed E-state index contributed by atoms with van der Waals surface area (Å²) in [7, 11) is 0. The fourth-order valence-electron chi connectivity index (χ4n) is 2.61. The van der Waals surface area contributed by atoms with Gasteiger partial charge in [-0.1, -0.05) is 0 Å². The Hall–Kier alpha value is -1.89. The van der Waals surface area contributed by atoms with E-state index in [1.54, 1.807) is 0 Å². The highest BCUT2D eigenvalue weighted by atomic mass is 16.4. The van der Waals surface area contributed by atoms with Crippen LogP contribution in [-0.4, -0.2) is 69.3 Å². The van der Waals surface area contributed by atoms with Gasteiger partial charge in [0.1, 0.15) is 0 Å². The molecule has 7 nitrogen and oxygen atoms in total. The van der Waals surface area contributed by atoms with Gasteiger partial charge in [-0.15, -0.1) is 0 Å². The molecule has 0 bridgehead atoms. The number of aromatic nitrogens is 2. The summed E-state index contributed by atoms with van der Waals surface area (Å²) in [6.45, 7) is 7.01. The molecule has 1 amide bonds. The number of piperazine rings is 1. The zero-order chi connectivity index (χ0) is 15.4. The van der Waals surface area contributed by atoms with Crippen molar-refractivity contribution in [3.05, 3.63) is 17.5 Å². The molecule has 0 saturated carbocycles. The van der Waals surface area contributed by atoms with Gasteiger partial charge in [0.05, 0.1) is 12.2 Å². The molecule has 2 heterocycles. The number of carbonyl (C=O) groups is 2. The number of amides is 1. The van der Waals surface area contributed by atoms with E-state index in [0.29, 0.717) is 39.1 Å². The van der Waals surface area contributed by atoms with Gasteiger partial charge in [-0.25, -0.2) is 0 Å².